The molecule has 0 aliphatic rings. The number of carbonyl (C=O) groups is 2. The van der Waals surface area contributed by atoms with Crippen LogP contribution in [0.3, 0.4) is 0 Å². The van der Waals surface area contributed by atoms with Crippen LogP contribution in [0.15, 0.2) is 35.9 Å². The number of ether oxygens (including phenoxy) is 1. The lowest BCUT2D eigenvalue weighted by Crippen LogP contribution is -2.16. The summed E-state index contributed by atoms with van der Waals surface area (Å²) in [6.45, 7) is 3.31. The van der Waals surface area contributed by atoms with Crippen LogP contribution in [-0.2, 0) is 9.53 Å². The SMILES string of the molecule is C/C=C(\C(=O)OCC)C(=O)c1cccc([N+](=O)[O-])c1. The fraction of sp³-hybridized carbons (Fsp3) is 0.231. The zero-order valence-corrected chi connectivity index (χ0v) is 10.6. The Morgan fingerprint density at radius 1 is 1.42 bits per heavy atom. The minimum atomic E-state index is -0.735. The summed E-state index contributed by atoms with van der Waals surface area (Å²) in [4.78, 5) is 33.7. The summed E-state index contributed by atoms with van der Waals surface area (Å²) in [5.74, 6) is -1.33. The van der Waals surface area contributed by atoms with E-state index in [2.05, 4.69) is 0 Å². The van der Waals surface area contributed by atoms with Crippen molar-refractivity contribution < 1.29 is 19.2 Å². The molecule has 0 spiro atoms. The summed E-state index contributed by atoms with van der Waals surface area (Å²) in [6.07, 6.45) is 1.33. The Kier molecular flexibility index (Phi) is 4.93. The molecule has 0 saturated heterocycles. The molecular formula is C13H13NO5. The van der Waals surface area contributed by atoms with Gasteiger partial charge in [-0.15, -0.1) is 0 Å². The molecule has 0 N–H and O–H groups in total. The van der Waals surface area contributed by atoms with Gasteiger partial charge in [-0.3, -0.25) is 14.9 Å². The lowest BCUT2D eigenvalue weighted by molar-refractivity contribution is -0.384. The number of nitro benzene ring substituents is 1. The average Bonchev–Trinajstić information content (AvgIpc) is 2.39. The Balaban J connectivity index is 3.08. The Morgan fingerprint density at radius 3 is 2.63 bits per heavy atom. The molecule has 1 aromatic carbocycles. The van der Waals surface area contributed by atoms with E-state index in [9.17, 15) is 19.7 Å². The lowest BCUT2D eigenvalue weighted by atomic mass is 10.0. The van der Waals surface area contributed by atoms with Crippen LogP contribution in [0.4, 0.5) is 5.69 Å². The zero-order valence-electron chi connectivity index (χ0n) is 10.6. The van der Waals surface area contributed by atoms with Crippen LogP contribution in [0.1, 0.15) is 24.2 Å². The van der Waals surface area contributed by atoms with E-state index in [1.165, 1.54) is 31.2 Å². The molecule has 0 radical (unpaired) electrons. The normalized spacial score (nSPS) is 10.9. The molecule has 0 heterocycles. The molecule has 0 fully saturated rings. The van der Waals surface area contributed by atoms with E-state index >= 15 is 0 Å². The molecule has 6 heteroatoms. The summed E-state index contributed by atoms with van der Waals surface area (Å²) >= 11 is 0. The third kappa shape index (κ3) is 3.48. The quantitative estimate of drug-likeness (QED) is 0.155. The maximum Gasteiger partial charge on any atom is 0.341 e. The highest BCUT2D eigenvalue weighted by Crippen LogP contribution is 2.17. The van der Waals surface area contributed by atoms with Crippen LogP contribution in [0, 0.1) is 10.1 Å². The molecular weight excluding hydrogens is 250 g/mol. The largest absolute Gasteiger partial charge is 0.462 e. The van der Waals surface area contributed by atoms with E-state index in [1.54, 1.807) is 6.92 Å². The maximum atomic E-state index is 12.1. The van der Waals surface area contributed by atoms with Gasteiger partial charge >= 0.3 is 5.97 Å². The van der Waals surface area contributed by atoms with Crippen molar-refractivity contribution in [2.45, 2.75) is 13.8 Å². The van der Waals surface area contributed by atoms with Gasteiger partial charge in [-0.1, -0.05) is 18.2 Å². The second-order valence-corrected chi connectivity index (χ2v) is 3.56. The van der Waals surface area contributed by atoms with Gasteiger partial charge in [-0.05, 0) is 13.8 Å². The number of benzene rings is 1. The summed E-state index contributed by atoms with van der Waals surface area (Å²) in [5, 5.41) is 10.6. The predicted octanol–water partition coefficient (Wildman–Crippen LogP) is 2.29. The van der Waals surface area contributed by atoms with Gasteiger partial charge in [0.25, 0.3) is 5.69 Å². The third-order valence-corrected chi connectivity index (χ3v) is 2.35. The van der Waals surface area contributed by atoms with Crippen LogP contribution < -0.4 is 0 Å². The molecule has 0 saturated carbocycles. The maximum absolute atomic E-state index is 12.1. The third-order valence-electron chi connectivity index (χ3n) is 2.35. The van der Waals surface area contributed by atoms with Crippen molar-refractivity contribution >= 4 is 17.4 Å². The number of hydrogen-bond donors (Lipinski definition) is 0. The van der Waals surface area contributed by atoms with Gasteiger partial charge in [-0.2, -0.15) is 0 Å². The van der Waals surface area contributed by atoms with Crippen molar-refractivity contribution in [2.24, 2.45) is 0 Å². The van der Waals surface area contributed by atoms with Gasteiger partial charge in [0.1, 0.15) is 5.57 Å². The van der Waals surface area contributed by atoms with E-state index < -0.39 is 16.7 Å². The van der Waals surface area contributed by atoms with Gasteiger partial charge in [0.2, 0.25) is 0 Å². The molecule has 6 nitrogen and oxygen atoms in total. The van der Waals surface area contributed by atoms with E-state index in [0.717, 1.165) is 6.07 Å². The summed E-state index contributed by atoms with van der Waals surface area (Å²) < 4.78 is 4.75. The van der Waals surface area contributed by atoms with Crippen molar-refractivity contribution in [3.05, 3.63) is 51.6 Å². The Hall–Kier alpha value is -2.50. The Labute approximate surface area is 109 Å². The number of hydrogen-bond acceptors (Lipinski definition) is 5. The highest BCUT2D eigenvalue weighted by molar-refractivity contribution is 6.24. The van der Waals surface area contributed by atoms with Gasteiger partial charge in [0.05, 0.1) is 11.5 Å². The summed E-state index contributed by atoms with van der Waals surface area (Å²) in [7, 11) is 0. The fourth-order valence-corrected chi connectivity index (χ4v) is 1.47. The van der Waals surface area contributed by atoms with Gasteiger partial charge in [0.15, 0.2) is 5.78 Å². The van der Waals surface area contributed by atoms with Crippen molar-refractivity contribution in [2.75, 3.05) is 6.61 Å². The molecule has 1 aromatic rings. The number of esters is 1. The van der Waals surface area contributed by atoms with Gasteiger partial charge < -0.3 is 4.74 Å². The number of rotatable bonds is 5. The van der Waals surface area contributed by atoms with Crippen LogP contribution in [-0.4, -0.2) is 23.3 Å². The number of nitro groups is 1. The number of Topliss-reactive ketones (excluding diaryl/α,β-unsaturated/α-hetero) is 1. The van der Waals surface area contributed by atoms with Crippen molar-refractivity contribution in [3.63, 3.8) is 0 Å². The second kappa shape index (κ2) is 6.44. The molecule has 0 bridgehead atoms. The summed E-state index contributed by atoms with van der Waals surface area (Å²) in [6, 6.07) is 5.21. The number of nitrogens with zero attached hydrogens (tertiary/aromatic N) is 1. The van der Waals surface area contributed by atoms with Crippen molar-refractivity contribution in [1.29, 1.82) is 0 Å². The average molecular weight is 263 g/mol. The van der Waals surface area contributed by atoms with Crippen LogP contribution in [0.5, 0.6) is 0 Å². The molecule has 0 aliphatic heterocycles. The van der Waals surface area contributed by atoms with Gasteiger partial charge in [-0.25, -0.2) is 4.79 Å². The van der Waals surface area contributed by atoms with Crippen molar-refractivity contribution in [3.8, 4) is 0 Å². The Bertz CT molecular complexity index is 548. The molecule has 19 heavy (non-hydrogen) atoms. The highest BCUT2D eigenvalue weighted by atomic mass is 16.6. The predicted molar refractivity (Wildman–Crippen MR) is 67.8 cm³/mol. The van der Waals surface area contributed by atoms with E-state index in [-0.39, 0.29) is 23.4 Å². The molecule has 0 aromatic heterocycles. The van der Waals surface area contributed by atoms with Gasteiger partial charge in [0, 0.05) is 17.7 Å². The van der Waals surface area contributed by atoms with Crippen molar-refractivity contribution in [1.82, 2.24) is 0 Å². The first-order valence-electron chi connectivity index (χ1n) is 5.63. The lowest BCUT2D eigenvalue weighted by Gasteiger charge is -2.05. The molecule has 0 unspecified atom stereocenters. The number of non-ortho nitro benzene ring substituents is 1. The second-order valence-electron chi connectivity index (χ2n) is 3.56. The van der Waals surface area contributed by atoms with Crippen LogP contribution >= 0.6 is 0 Å². The monoisotopic (exact) mass is 263 g/mol. The molecule has 0 aliphatic carbocycles. The zero-order chi connectivity index (χ0) is 14.4. The minimum absolute atomic E-state index is 0.0790. The molecule has 0 atom stereocenters. The molecule has 1 rings (SSSR count). The topological polar surface area (TPSA) is 86.5 Å². The Morgan fingerprint density at radius 2 is 2.11 bits per heavy atom. The fourth-order valence-electron chi connectivity index (χ4n) is 1.47. The van der Waals surface area contributed by atoms with Crippen LogP contribution in [0.25, 0.3) is 0 Å². The number of allylic oxidation sites excluding steroid dienone is 1. The summed E-state index contributed by atoms with van der Waals surface area (Å²) in [5.41, 5.74) is -0.261. The molecule has 100 valence electrons. The van der Waals surface area contributed by atoms with E-state index in [1.807, 2.05) is 0 Å². The smallest absolute Gasteiger partial charge is 0.341 e. The number of carbonyl (C=O) groups excluding carboxylic acids is 2. The van der Waals surface area contributed by atoms with Crippen LogP contribution in [0.2, 0.25) is 0 Å². The first-order chi connectivity index (χ1) is 9.01. The first-order valence-corrected chi connectivity index (χ1v) is 5.63. The standard InChI is InChI=1S/C13H13NO5/c1-3-11(13(16)19-4-2)12(15)9-6-5-7-10(8-9)14(17)18/h3,5-8H,4H2,1-2H3/b11-3-. The minimum Gasteiger partial charge on any atom is -0.462 e. The molecule has 0 amide bonds. The first kappa shape index (κ1) is 14.6. The van der Waals surface area contributed by atoms with E-state index in [4.69, 9.17) is 4.74 Å². The number of ketones is 1. The highest BCUT2D eigenvalue weighted by Gasteiger charge is 2.21. The van der Waals surface area contributed by atoms with E-state index in [0.29, 0.717) is 0 Å².